The minimum atomic E-state index is 0.0742. The van der Waals surface area contributed by atoms with Crippen LogP contribution in [0.1, 0.15) is 52.4 Å². The van der Waals surface area contributed by atoms with Crippen LogP contribution in [0.15, 0.2) is 0 Å². The van der Waals surface area contributed by atoms with Crippen LogP contribution >= 0.6 is 0 Å². The second kappa shape index (κ2) is 8.54. The number of rotatable bonds is 8. The van der Waals surface area contributed by atoms with Crippen LogP contribution in [-0.4, -0.2) is 37.3 Å². The van der Waals surface area contributed by atoms with Gasteiger partial charge in [0.05, 0.1) is 0 Å². The highest BCUT2D eigenvalue weighted by Gasteiger charge is 2.19. The Morgan fingerprint density at radius 2 is 2.26 bits per heavy atom. The number of hydrogen-bond acceptors (Lipinski definition) is 3. The first-order chi connectivity index (χ1) is 9.03. The van der Waals surface area contributed by atoms with Gasteiger partial charge in [-0.1, -0.05) is 13.8 Å². The number of carbonyl (C=O) groups excluding carboxylic acids is 1. The van der Waals surface area contributed by atoms with E-state index in [4.69, 9.17) is 5.11 Å². The first-order valence-electron chi connectivity index (χ1n) is 7.62. The molecule has 1 aliphatic heterocycles. The molecule has 1 amide bonds. The van der Waals surface area contributed by atoms with Gasteiger partial charge in [-0.05, 0) is 56.5 Å². The number of aliphatic hydroxyl groups excluding tert-OH is 1. The molecular formula is C15H30N2O2. The fraction of sp³-hybridized carbons (Fsp3) is 0.933. The van der Waals surface area contributed by atoms with E-state index in [0.29, 0.717) is 18.9 Å². The molecule has 0 aromatic heterocycles. The molecule has 1 heterocycles. The first-order valence-corrected chi connectivity index (χ1v) is 7.62. The molecule has 1 saturated heterocycles. The van der Waals surface area contributed by atoms with E-state index in [1.807, 2.05) is 0 Å². The van der Waals surface area contributed by atoms with E-state index in [9.17, 15) is 4.79 Å². The Kier molecular flexibility index (Phi) is 7.39. The largest absolute Gasteiger partial charge is 0.396 e. The summed E-state index contributed by atoms with van der Waals surface area (Å²) in [5.74, 6) is 0.838. The van der Waals surface area contributed by atoms with Crippen LogP contribution in [0.2, 0.25) is 0 Å². The quantitative estimate of drug-likeness (QED) is 0.629. The zero-order valence-corrected chi connectivity index (χ0v) is 12.5. The highest BCUT2D eigenvalue weighted by atomic mass is 16.2. The molecule has 112 valence electrons. The summed E-state index contributed by atoms with van der Waals surface area (Å²) in [5, 5.41) is 15.3. The maximum absolute atomic E-state index is 11.8. The van der Waals surface area contributed by atoms with Crippen molar-refractivity contribution in [3.8, 4) is 0 Å². The number of piperidine rings is 1. The van der Waals surface area contributed by atoms with Gasteiger partial charge in [-0.25, -0.2) is 0 Å². The van der Waals surface area contributed by atoms with Gasteiger partial charge in [0.15, 0.2) is 0 Å². The van der Waals surface area contributed by atoms with Crippen LogP contribution in [0, 0.1) is 11.3 Å². The number of nitrogens with one attached hydrogen (secondary N) is 2. The summed E-state index contributed by atoms with van der Waals surface area (Å²) >= 11 is 0. The van der Waals surface area contributed by atoms with Gasteiger partial charge in [-0.3, -0.25) is 4.79 Å². The molecule has 1 rings (SSSR count). The van der Waals surface area contributed by atoms with Crippen molar-refractivity contribution in [1.82, 2.24) is 10.6 Å². The smallest absolute Gasteiger partial charge is 0.220 e. The van der Waals surface area contributed by atoms with Crippen LogP contribution in [0.4, 0.5) is 0 Å². The molecule has 4 nitrogen and oxygen atoms in total. The van der Waals surface area contributed by atoms with Crippen molar-refractivity contribution < 1.29 is 9.90 Å². The topological polar surface area (TPSA) is 61.4 Å². The van der Waals surface area contributed by atoms with Crippen molar-refractivity contribution >= 4 is 5.91 Å². The van der Waals surface area contributed by atoms with Crippen molar-refractivity contribution in [3.63, 3.8) is 0 Å². The molecule has 0 aliphatic carbocycles. The van der Waals surface area contributed by atoms with Crippen LogP contribution in [0.5, 0.6) is 0 Å². The van der Waals surface area contributed by atoms with Crippen LogP contribution in [0.3, 0.4) is 0 Å². The second-order valence-electron chi connectivity index (χ2n) is 6.52. The van der Waals surface area contributed by atoms with E-state index in [-0.39, 0.29) is 17.9 Å². The SMILES string of the molecule is CC(C)(CCCO)CNC(=O)CCC1CCCNC1. The average Bonchev–Trinajstić information content (AvgIpc) is 2.42. The van der Waals surface area contributed by atoms with Gasteiger partial charge in [0.25, 0.3) is 0 Å². The molecule has 0 spiro atoms. The lowest BCUT2D eigenvalue weighted by atomic mass is 9.88. The lowest BCUT2D eigenvalue weighted by Gasteiger charge is -2.25. The highest BCUT2D eigenvalue weighted by molar-refractivity contribution is 5.75. The summed E-state index contributed by atoms with van der Waals surface area (Å²) in [6.45, 7) is 7.39. The van der Waals surface area contributed by atoms with E-state index in [0.717, 1.165) is 32.4 Å². The third kappa shape index (κ3) is 7.53. The standard InChI is InChI=1S/C15H30N2O2/c1-15(2,8-4-10-18)12-17-14(19)7-6-13-5-3-9-16-11-13/h13,16,18H,3-12H2,1-2H3,(H,17,19). The van der Waals surface area contributed by atoms with Crippen molar-refractivity contribution in [2.24, 2.45) is 11.3 Å². The average molecular weight is 270 g/mol. The summed E-state index contributed by atoms with van der Waals surface area (Å²) in [4.78, 5) is 11.8. The summed E-state index contributed by atoms with van der Waals surface area (Å²) < 4.78 is 0. The zero-order chi connectivity index (χ0) is 14.1. The summed E-state index contributed by atoms with van der Waals surface area (Å²) in [6, 6.07) is 0. The van der Waals surface area contributed by atoms with Crippen molar-refractivity contribution in [1.29, 1.82) is 0 Å². The van der Waals surface area contributed by atoms with Crippen LogP contribution in [-0.2, 0) is 4.79 Å². The Morgan fingerprint density at radius 3 is 2.89 bits per heavy atom. The number of hydrogen-bond donors (Lipinski definition) is 3. The third-order valence-electron chi connectivity index (χ3n) is 3.95. The van der Waals surface area contributed by atoms with Gasteiger partial charge in [0.2, 0.25) is 5.91 Å². The van der Waals surface area contributed by atoms with E-state index in [1.165, 1.54) is 12.8 Å². The second-order valence-corrected chi connectivity index (χ2v) is 6.52. The maximum Gasteiger partial charge on any atom is 0.220 e. The Balaban J connectivity index is 2.12. The van der Waals surface area contributed by atoms with Gasteiger partial charge in [-0.15, -0.1) is 0 Å². The predicted octanol–water partition coefficient (Wildman–Crippen LogP) is 1.68. The summed E-state index contributed by atoms with van der Waals surface area (Å²) in [5.41, 5.74) is 0.0742. The Morgan fingerprint density at radius 1 is 1.47 bits per heavy atom. The fourth-order valence-electron chi connectivity index (χ4n) is 2.58. The highest BCUT2D eigenvalue weighted by Crippen LogP contribution is 2.21. The van der Waals surface area contributed by atoms with Gasteiger partial charge in [-0.2, -0.15) is 0 Å². The monoisotopic (exact) mass is 270 g/mol. The molecule has 0 saturated carbocycles. The van der Waals surface area contributed by atoms with E-state index in [2.05, 4.69) is 24.5 Å². The predicted molar refractivity (Wildman–Crippen MR) is 77.9 cm³/mol. The number of aliphatic hydroxyl groups is 1. The minimum absolute atomic E-state index is 0.0742. The molecule has 1 fully saturated rings. The van der Waals surface area contributed by atoms with Crippen LogP contribution in [0.25, 0.3) is 0 Å². The van der Waals surface area contributed by atoms with Gasteiger partial charge in [0, 0.05) is 19.6 Å². The maximum atomic E-state index is 11.8. The molecular weight excluding hydrogens is 240 g/mol. The Labute approximate surface area is 117 Å². The fourth-order valence-corrected chi connectivity index (χ4v) is 2.58. The normalized spacial score (nSPS) is 20.3. The lowest BCUT2D eigenvalue weighted by molar-refractivity contribution is -0.121. The molecule has 0 aromatic carbocycles. The third-order valence-corrected chi connectivity index (χ3v) is 3.95. The molecule has 1 aliphatic rings. The van der Waals surface area contributed by atoms with Crippen LogP contribution < -0.4 is 10.6 Å². The number of amides is 1. The zero-order valence-electron chi connectivity index (χ0n) is 12.5. The Hall–Kier alpha value is -0.610. The van der Waals surface area contributed by atoms with Crippen molar-refractivity contribution in [2.45, 2.75) is 52.4 Å². The lowest BCUT2D eigenvalue weighted by Crippen LogP contribution is -2.35. The minimum Gasteiger partial charge on any atom is -0.396 e. The van der Waals surface area contributed by atoms with Gasteiger partial charge < -0.3 is 15.7 Å². The van der Waals surface area contributed by atoms with Gasteiger partial charge in [0.1, 0.15) is 0 Å². The summed E-state index contributed by atoms with van der Waals surface area (Å²) in [6.07, 6.45) is 5.87. The molecule has 0 bridgehead atoms. The molecule has 0 radical (unpaired) electrons. The first kappa shape index (κ1) is 16.4. The molecule has 0 aromatic rings. The van der Waals surface area contributed by atoms with E-state index >= 15 is 0 Å². The number of carbonyl (C=O) groups is 1. The van der Waals surface area contributed by atoms with E-state index < -0.39 is 0 Å². The molecule has 1 atom stereocenters. The molecule has 4 heteroatoms. The van der Waals surface area contributed by atoms with Crippen molar-refractivity contribution in [3.05, 3.63) is 0 Å². The molecule has 3 N–H and O–H groups in total. The van der Waals surface area contributed by atoms with Crippen molar-refractivity contribution in [2.75, 3.05) is 26.2 Å². The van der Waals surface area contributed by atoms with E-state index in [1.54, 1.807) is 0 Å². The summed E-state index contributed by atoms with van der Waals surface area (Å²) in [7, 11) is 0. The molecule has 1 unspecified atom stereocenters. The molecule has 19 heavy (non-hydrogen) atoms. The van der Waals surface area contributed by atoms with Gasteiger partial charge >= 0.3 is 0 Å². The Bertz CT molecular complexity index is 261.